The van der Waals surface area contributed by atoms with Gasteiger partial charge in [-0.3, -0.25) is 0 Å². The van der Waals surface area contributed by atoms with Crippen LogP contribution in [0.25, 0.3) is 10.4 Å². The maximum Gasteiger partial charge on any atom is 0.103 e. The third-order valence-electron chi connectivity index (χ3n) is 3.52. The summed E-state index contributed by atoms with van der Waals surface area (Å²) in [5.41, 5.74) is 2.48. The second-order valence-electron chi connectivity index (χ2n) is 5.19. The Bertz CT molecular complexity index is 658. The van der Waals surface area contributed by atoms with Crippen molar-refractivity contribution in [1.29, 1.82) is 0 Å². The number of aryl methyl sites for hydroxylation is 1. The van der Waals surface area contributed by atoms with Gasteiger partial charge in [-0.2, -0.15) is 0 Å². The summed E-state index contributed by atoms with van der Waals surface area (Å²) in [5.74, 6) is 1.05. The smallest absolute Gasteiger partial charge is 0.103 e. The van der Waals surface area contributed by atoms with Gasteiger partial charge in [0.05, 0.1) is 6.26 Å². The second kappa shape index (κ2) is 6.64. The lowest BCUT2D eigenvalue weighted by molar-refractivity contribution is 0.495. The van der Waals surface area contributed by atoms with Gasteiger partial charge in [0.1, 0.15) is 5.76 Å². The van der Waals surface area contributed by atoms with E-state index in [0.717, 1.165) is 18.6 Å². The highest BCUT2D eigenvalue weighted by atomic mass is 32.1. The summed E-state index contributed by atoms with van der Waals surface area (Å²) in [5, 5.41) is 5.74. The normalized spacial score (nSPS) is 12.2. The van der Waals surface area contributed by atoms with Crippen LogP contribution in [0.2, 0.25) is 0 Å². The Morgan fingerprint density at radius 3 is 2.76 bits per heavy atom. The Kier molecular flexibility index (Phi) is 4.41. The molecule has 1 aromatic carbocycles. The summed E-state index contributed by atoms with van der Waals surface area (Å²) in [7, 11) is 0. The lowest BCUT2D eigenvalue weighted by atomic mass is 10.1. The molecule has 0 fully saturated rings. The SMILES string of the molecule is CC(CCc1ccco1)Nc1ccccc1-c1cccs1. The Morgan fingerprint density at radius 2 is 2.00 bits per heavy atom. The zero-order valence-corrected chi connectivity index (χ0v) is 12.9. The van der Waals surface area contributed by atoms with E-state index in [0.29, 0.717) is 6.04 Å². The predicted octanol–water partition coefficient (Wildman–Crippen LogP) is 5.44. The van der Waals surface area contributed by atoms with E-state index in [1.807, 2.05) is 12.1 Å². The van der Waals surface area contributed by atoms with Crippen LogP contribution in [0.1, 0.15) is 19.1 Å². The van der Waals surface area contributed by atoms with Crippen molar-refractivity contribution in [1.82, 2.24) is 0 Å². The first kappa shape index (κ1) is 14.0. The zero-order valence-electron chi connectivity index (χ0n) is 12.1. The van der Waals surface area contributed by atoms with Gasteiger partial charge in [-0.1, -0.05) is 24.3 Å². The first-order valence-corrected chi connectivity index (χ1v) is 8.13. The predicted molar refractivity (Wildman–Crippen MR) is 89.9 cm³/mol. The Balaban J connectivity index is 1.67. The van der Waals surface area contributed by atoms with Gasteiger partial charge in [-0.05, 0) is 43.0 Å². The first-order chi connectivity index (χ1) is 10.3. The lowest BCUT2D eigenvalue weighted by Crippen LogP contribution is -2.16. The van der Waals surface area contributed by atoms with Crippen LogP contribution in [-0.4, -0.2) is 6.04 Å². The van der Waals surface area contributed by atoms with Crippen LogP contribution in [-0.2, 0) is 6.42 Å². The highest BCUT2D eigenvalue weighted by Crippen LogP contribution is 2.31. The number of nitrogens with one attached hydrogen (secondary N) is 1. The van der Waals surface area contributed by atoms with Crippen molar-refractivity contribution < 1.29 is 4.42 Å². The summed E-state index contributed by atoms with van der Waals surface area (Å²) >= 11 is 1.77. The van der Waals surface area contributed by atoms with Crippen molar-refractivity contribution >= 4 is 17.0 Å². The average molecular weight is 297 g/mol. The quantitative estimate of drug-likeness (QED) is 0.655. The van der Waals surface area contributed by atoms with E-state index in [4.69, 9.17) is 4.42 Å². The maximum atomic E-state index is 5.39. The molecule has 0 amide bonds. The van der Waals surface area contributed by atoms with Gasteiger partial charge in [0, 0.05) is 28.6 Å². The number of para-hydroxylation sites is 1. The molecule has 0 saturated heterocycles. The third kappa shape index (κ3) is 3.56. The molecule has 3 heteroatoms. The summed E-state index contributed by atoms with van der Waals surface area (Å²) in [6.45, 7) is 2.22. The van der Waals surface area contributed by atoms with E-state index in [1.165, 1.54) is 16.1 Å². The number of benzene rings is 1. The monoisotopic (exact) mass is 297 g/mol. The van der Waals surface area contributed by atoms with Crippen molar-refractivity contribution in [3.63, 3.8) is 0 Å². The van der Waals surface area contributed by atoms with E-state index >= 15 is 0 Å². The van der Waals surface area contributed by atoms with E-state index in [-0.39, 0.29) is 0 Å². The molecule has 2 nitrogen and oxygen atoms in total. The molecule has 1 unspecified atom stereocenters. The highest BCUT2D eigenvalue weighted by Gasteiger charge is 2.09. The van der Waals surface area contributed by atoms with Crippen LogP contribution in [0.3, 0.4) is 0 Å². The number of hydrogen-bond donors (Lipinski definition) is 1. The largest absolute Gasteiger partial charge is 0.469 e. The number of furan rings is 1. The van der Waals surface area contributed by atoms with E-state index < -0.39 is 0 Å². The minimum absolute atomic E-state index is 0.399. The molecule has 0 bridgehead atoms. The topological polar surface area (TPSA) is 25.2 Å². The average Bonchev–Trinajstić information content (AvgIpc) is 3.19. The molecule has 0 spiro atoms. The highest BCUT2D eigenvalue weighted by molar-refractivity contribution is 7.13. The van der Waals surface area contributed by atoms with Gasteiger partial charge in [0.15, 0.2) is 0 Å². The second-order valence-corrected chi connectivity index (χ2v) is 6.13. The van der Waals surface area contributed by atoms with Crippen LogP contribution in [0.4, 0.5) is 5.69 Å². The van der Waals surface area contributed by atoms with Crippen molar-refractivity contribution in [2.75, 3.05) is 5.32 Å². The molecule has 0 aliphatic rings. The van der Waals surface area contributed by atoms with E-state index in [9.17, 15) is 0 Å². The molecule has 3 aromatic rings. The minimum Gasteiger partial charge on any atom is -0.469 e. The van der Waals surface area contributed by atoms with Crippen LogP contribution in [0, 0.1) is 0 Å². The molecule has 0 radical (unpaired) electrons. The van der Waals surface area contributed by atoms with Crippen molar-refractivity contribution in [3.05, 3.63) is 65.9 Å². The molecule has 108 valence electrons. The molecule has 3 rings (SSSR count). The summed E-state index contributed by atoms with van der Waals surface area (Å²) in [4.78, 5) is 1.30. The number of rotatable bonds is 6. The lowest BCUT2D eigenvalue weighted by Gasteiger charge is -2.17. The van der Waals surface area contributed by atoms with Gasteiger partial charge >= 0.3 is 0 Å². The van der Waals surface area contributed by atoms with Gasteiger partial charge in [0.25, 0.3) is 0 Å². The Morgan fingerprint density at radius 1 is 1.10 bits per heavy atom. The molecule has 1 N–H and O–H groups in total. The molecule has 2 heterocycles. The van der Waals surface area contributed by atoms with Crippen LogP contribution in [0.5, 0.6) is 0 Å². The van der Waals surface area contributed by atoms with Crippen molar-refractivity contribution in [3.8, 4) is 10.4 Å². The first-order valence-electron chi connectivity index (χ1n) is 7.25. The Hall–Kier alpha value is -2.00. The summed E-state index contributed by atoms with van der Waals surface area (Å²) in [6.07, 6.45) is 3.74. The number of hydrogen-bond acceptors (Lipinski definition) is 3. The van der Waals surface area contributed by atoms with E-state index in [1.54, 1.807) is 17.6 Å². The molecule has 0 aliphatic carbocycles. The Labute approximate surface area is 129 Å². The van der Waals surface area contributed by atoms with E-state index in [2.05, 4.69) is 54.0 Å². The number of anilines is 1. The molecule has 1 atom stereocenters. The van der Waals surface area contributed by atoms with Gasteiger partial charge in [-0.25, -0.2) is 0 Å². The standard InChI is InChI=1S/C18H19NOS/c1-14(10-11-15-6-4-12-20-15)19-17-8-3-2-7-16(17)18-9-5-13-21-18/h2-9,12-14,19H,10-11H2,1H3. The van der Waals surface area contributed by atoms with Crippen molar-refractivity contribution in [2.45, 2.75) is 25.8 Å². The fourth-order valence-corrected chi connectivity index (χ4v) is 3.17. The zero-order chi connectivity index (χ0) is 14.5. The molecule has 21 heavy (non-hydrogen) atoms. The minimum atomic E-state index is 0.399. The van der Waals surface area contributed by atoms with Crippen LogP contribution >= 0.6 is 11.3 Å². The molecule has 0 saturated carbocycles. The third-order valence-corrected chi connectivity index (χ3v) is 4.42. The number of thiophene rings is 1. The molecular formula is C18H19NOS. The molecule has 0 aliphatic heterocycles. The van der Waals surface area contributed by atoms with Crippen LogP contribution < -0.4 is 5.32 Å². The molecule has 2 aromatic heterocycles. The van der Waals surface area contributed by atoms with Gasteiger partial charge < -0.3 is 9.73 Å². The van der Waals surface area contributed by atoms with Crippen molar-refractivity contribution in [2.24, 2.45) is 0 Å². The fourth-order valence-electron chi connectivity index (χ4n) is 2.41. The van der Waals surface area contributed by atoms with Gasteiger partial charge in [0.2, 0.25) is 0 Å². The summed E-state index contributed by atoms with van der Waals surface area (Å²) in [6, 6.07) is 17.1. The summed E-state index contributed by atoms with van der Waals surface area (Å²) < 4.78 is 5.39. The van der Waals surface area contributed by atoms with Gasteiger partial charge in [-0.15, -0.1) is 11.3 Å². The molecular weight excluding hydrogens is 278 g/mol. The van der Waals surface area contributed by atoms with Crippen LogP contribution in [0.15, 0.2) is 64.6 Å². The maximum absolute atomic E-state index is 5.39. The fraction of sp³-hybridized carbons (Fsp3) is 0.222.